The van der Waals surface area contributed by atoms with Crippen LogP contribution in [-0.4, -0.2) is 68.6 Å². The average molecular weight is 517 g/mol. The zero-order valence-corrected chi connectivity index (χ0v) is 23.1. The third-order valence-electron chi connectivity index (χ3n) is 9.03. The van der Waals surface area contributed by atoms with Crippen molar-refractivity contribution in [2.45, 2.75) is 77.4 Å². The molecule has 1 saturated heterocycles. The van der Waals surface area contributed by atoms with E-state index in [0.29, 0.717) is 36.1 Å². The number of carbonyl (C=O) groups excluding carboxylic acids is 1. The Morgan fingerprint density at radius 1 is 1.13 bits per heavy atom. The van der Waals surface area contributed by atoms with E-state index in [-0.39, 0.29) is 11.4 Å². The number of rotatable bonds is 6. The first-order valence-corrected chi connectivity index (χ1v) is 14.3. The number of aromatic nitrogens is 4. The molecule has 6 rings (SSSR count). The molecule has 1 aliphatic carbocycles. The second kappa shape index (κ2) is 9.84. The van der Waals surface area contributed by atoms with E-state index in [1.165, 1.54) is 19.3 Å². The molecule has 9 nitrogen and oxygen atoms in total. The monoisotopic (exact) mass is 516 g/mol. The largest absolute Gasteiger partial charge is 0.367 e. The minimum atomic E-state index is -0.0800. The van der Waals surface area contributed by atoms with Crippen LogP contribution < -0.4 is 15.5 Å². The number of amides is 1. The van der Waals surface area contributed by atoms with Crippen LogP contribution in [0.25, 0.3) is 11.0 Å². The lowest BCUT2D eigenvalue weighted by Gasteiger charge is -2.46. The summed E-state index contributed by atoms with van der Waals surface area (Å²) in [7, 11) is 0. The van der Waals surface area contributed by atoms with E-state index >= 15 is 0 Å². The molecule has 1 amide bonds. The van der Waals surface area contributed by atoms with Gasteiger partial charge in [-0.1, -0.05) is 33.1 Å². The van der Waals surface area contributed by atoms with Crippen molar-refractivity contribution in [2.24, 2.45) is 5.92 Å². The van der Waals surface area contributed by atoms with Crippen LogP contribution >= 0.6 is 0 Å². The molecule has 3 aromatic rings. The van der Waals surface area contributed by atoms with E-state index in [1.807, 2.05) is 24.5 Å². The summed E-state index contributed by atoms with van der Waals surface area (Å²) in [6.45, 7) is 13.1. The Labute approximate surface area is 225 Å². The minimum Gasteiger partial charge on any atom is -0.367 e. The van der Waals surface area contributed by atoms with E-state index in [0.717, 1.165) is 55.1 Å². The summed E-state index contributed by atoms with van der Waals surface area (Å²) in [5.41, 5.74) is 2.58. The molecule has 0 radical (unpaired) electrons. The Bertz CT molecular complexity index is 1300. The van der Waals surface area contributed by atoms with Gasteiger partial charge in [0.15, 0.2) is 0 Å². The van der Waals surface area contributed by atoms with Crippen LogP contribution in [0.2, 0.25) is 0 Å². The number of hydrogen-bond acceptors (Lipinski definition) is 7. The minimum absolute atomic E-state index is 0.0309. The topological polar surface area (TPSA) is 91.2 Å². The molecule has 3 unspecified atom stereocenters. The van der Waals surface area contributed by atoms with Gasteiger partial charge >= 0.3 is 0 Å². The number of carbonyl (C=O) groups is 1. The highest BCUT2D eigenvalue weighted by atomic mass is 16.2. The predicted octanol–water partition coefficient (Wildman–Crippen LogP) is 4.53. The third kappa shape index (κ3) is 4.40. The van der Waals surface area contributed by atoms with E-state index in [4.69, 9.17) is 9.97 Å². The van der Waals surface area contributed by atoms with Gasteiger partial charge in [-0.05, 0) is 50.8 Å². The quantitative estimate of drug-likeness (QED) is 0.497. The smallest absolute Gasteiger partial charge is 0.268 e. The molecule has 3 aliphatic rings. The number of nitrogens with zero attached hydrogens (tertiary/aromatic N) is 6. The first kappa shape index (κ1) is 25.1. The highest BCUT2D eigenvalue weighted by Crippen LogP contribution is 2.41. The fourth-order valence-electron chi connectivity index (χ4n) is 6.72. The van der Waals surface area contributed by atoms with Crippen LogP contribution in [0.4, 0.5) is 17.5 Å². The van der Waals surface area contributed by atoms with Gasteiger partial charge in [0.05, 0.1) is 17.4 Å². The predicted molar refractivity (Wildman–Crippen MR) is 151 cm³/mol. The van der Waals surface area contributed by atoms with Gasteiger partial charge in [0.25, 0.3) is 5.91 Å². The molecule has 3 aromatic heterocycles. The number of piperazine rings is 1. The first-order chi connectivity index (χ1) is 18.4. The number of anilines is 3. The molecule has 2 fully saturated rings. The molecule has 1 spiro atoms. The van der Waals surface area contributed by atoms with Crippen molar-refractivity contribution in [1.82, 2.24) is 29.7 Å². The van der Waals surface area contributed by atoms with Crippen molar-refractivity contribution in [1.29, 1.82) is 0 Å². The summed E-state index contributed by atoms with van der Waals surface area (Å²) in [6, 6.07) is 7.07. The molecule has 2 N–H and O–H groups in total. The Balaban J connectivity index is 1.19. The van der Waals surface area contributed by atoms with Crippen LogP contribution in [-0.2, 0) is 5.54 Å². The first-order valence-electron chi connectivity index (χ1n) is 14.3. The summed E-state index contributed by atoms with van der Waals surface area (Å²) in [5, 5.41) is 7.28. The summed E-state index contributed by atoms with van der Waals surface area (Å²) in [5.74, 6) is 1.90. The van der Waals surface area contributed by atoms with Gasteiger partial charge in [-0.2, -0.15) is 4.98 Å². The van der Waals surface area contributed by atoms with Gasteiger partial charge < -0.3 is 20.1 Å². The third-order valence-corrected chi connectivity index (χ3v) is 9.03. The van der Waals surface area contributed by atoms with Gasteiger partial charge in [-0.15, -0.1) is 0 Å². The molecule has 202 valence electrons. The Morgan fingerprint density at radius 2 is 1.89 bits per heavy atom. The standard InChI is InChI=1S/C29H40N8O/c1-5-19(2)15-36-20(3)16-35(17-21(36)4)23-8-9-25(30-14-23)33-28-31-13-22-12-24-27(38)32-18-29(10-6-7-11-29)37(24)26(22)34-28/h8-9,12-14,19-21H,5-7,10-11,15-18H2,1-4H3,(H,32,38)(H,30,31,33,34). The molecule has 2 aliphatic heterocycles. The van der Waals surface area contributed by atoms with E-state index in [9.17, 15) is 4.79 Å². The van der Waals surface area contributed by atoms with Crippen molar-refractivity contribution in [3.63, 3.8) is 0 Å². The fraction of sp³-hybridized carbons (Fsp3) is 0.586. The van der Waals surface area contributed by atoms with Crippen LogP contribution in [0, 0.1) is 5.92 Å². The molecule has 0 bridgehead atoms. The molecule has 9 heteroatoms. The second-order valence-electron chi connectivity index (χ2n) is 11.8. The van der Waals surface area contributed by atoms with Gasteiger partial charge in [-0.3, -0.25) is 9.69 Å². The van der Waals surface area contributed by atoms with Gasteiger partial charge in [-0.25, -0.2) is 9.97 Å². The van der Waals surface area contributed by atoms with Crippen LogP contribution in [0.3, 0.4) is 0 Å². The zero-order valence-electron chi connectivity index (χ0n) is 23.1. The molecule has 1 saturated carbocycles. The second-order valence-corrected chi connectivity index (χ2v) is 11.8. The zero-order chi connectivity index (χ0) is 26.4. The Morgan fingerprint density at radius 3 is 2.58 bits per heavy atom. The highest BCUT2D eigenvalue weighted by molar-refractivity contribution is 5.99. The normalized spacial score (nSPS) is 24.0. The Kier molecular flexibility index (Phi) is 6.50. The van der Waals surface area contributed by atoms with Crippen LogP contribution in [0.5, 0.6) is 0 Å². The van der Waals surface area contributed by atoms with Crippen molar-refractivity contribution >= 4 is 34.4 Å². The molecule has 5 heterocycles. The van der Waals surface area contributed by atoms with Crippen molar-refractivity contribution in [3.05, 3.63) is 36.3 Å². The summed E-state index contributed by atoms with van der Waals surface area (Å²) >= 11 is 0. The van der Waals surface area contributed by atoms with Crippen LogP contribution in [0.15, 0.2) is 30.6 Å². The maximum Gasteiger partial charge on any atom is 0.268 e. The summed E-state index contributed by atoms with van der Waals surface area (Å²) in [6.07, 6.45) is 9.44. The molecular weight excluding hydrogens is 476 g/mol. The van der Waals surface area contributed by atoms with Gasteiger partial charge in [0, 0.05) is 49.8 Å². The lowest BCUT2D eigenvalue weighted by molar-refractivity contribution is 0.0876. The number of nitrogens with one attached hydrogen (secondary N) is 2. The maximum absolute atomic E-state index is 12.6. The van der Waals surface area contributed by atoms with E-state index in [1.54, 1.807) is 0 Å². The lowest BCUT2D eigenvalue weighted by Crippen LogP contribution is -2.57. The molecule has 38 heavy (non-hydrogen) atoms. The number of fused-ring (bicyclic) bond motifs is 4. The summed E-state index contributed by atoms with van der Waals surface area (Å²) in [4.78, 5) is 31.8. The van der Waals surface area contributed by atoms with Gasteiger partial charge in [0.2, 0.25) is 5.95 Å². The SMILES string of the molecule is CCC(C)CN1C(C)CN(c2ccc(Nc3ncc4cc5n(c4n3)C3(CCCC3)CNC5=O)nc2)CC1C. The molecular formula is C29H40N8O. The van der Waals surface area contributed by atoms with E-state index in [2.05, 4.69) is 63.7 Å². The van der Waals surface area contributed by atoms with E-state index < -0.39 is 0 Å². The van der Waals surface area contributed by atoms with Crippen molar-refractivity contribution < 1.29 is 4.79 Å². The van der Waals surface area contributed by atoms with Crippen molar-refractivity contribution in [2.75, 3.05) is 36.4 Å². The Hall–Kier alpha value is -3.20. The number of hydrogen-bond donors (Lipinski definition) is 2. The fourth-order valence-corrected chi connectivity index (χ4v) is 6.72. The molecule has 0 aromatic carbocycles. The average Bonchev–Trinajstić information content (AvgIpc) is 3.54. The van der Waals surface area contributed by atoms with Crippen molar-refractivity contribution in [3.8, 4) is 0 Å². The highest BCUT2D eigenvalue weighted by Gasteiger charge is 2.42. The lowest BCUT2D eigenvalue weighted by atomic mass is 9.94. The van der Waals surface area contributed by atoms with Gasteiger partial charge in [0.1, 0.15) is 17.2 Å². The maximum atomic E-state index is 12.6. The molecule has 3 atom stereocenters. The summed E-state index contributed by atoms with van der Waals surface area (Å²) < 4.78 is 2.18. The van der Waals surface area contributed by atoms with Crippen LogP contribution in [0.1, 0.15) is 70.3 Å². The number of pyridine rings is 1.